The zero-order chi connectivity index (χ0) is 21.5. The molecule has 2 aromatic carbocycles. The topological polar surface area (TPSA) is 66.7 Å². The molecule has 1 fully saturated rings. The fourth-order valence-corrected chi connectivity index (χ4v) is 3.23. The van der Waals surface area contributed by atoms with Crippen molar-refractivity contribution in [2.75, 3.05) is 31.1 Å². The van der Waals surface area contributed by atoms with Crippen molar-refractivity contribution >= 4 is 17.3 Å². The van der Waals surface area contributed by atoms with Crippen molar-refractivity contribution in [3.63, 3.8) is 0 Å². The zero-order valence-electron chi connectivity index (χ0n) is 15.0. The lowest BCUT2D eigenvalue weighted by Crippen LogP contribution is -2.49. The number of nitrogens with zero attached hydrogens (tertiary/aromatic N) is 3. The van der Waals surface area contributed by atoms with E-state index in [2.05, 4.69) is 0 Å². The molecule has 2 aromatic rings. The summed E-state index contributed by atoms with van der Waals surface area (Å²) in [7, 11) is 0. The Kier molecular flexibility index (Phi) is 5.40. The Morgan fingerprint density at radius 3 is 1.97 bits per heavy atom. The van der Waals surface area contributed by atoms with Gasteiger partial charge in [0.15, 0.2) is 23.3 Å². The third kappa shape index (κ3) is 3.47. The summed E-state index contributed by atoms with van der Waals surface area (Å²) in [5, 5.41) is 11.0. The van der Waals surface area contributed by atoms with Gasteiger partial charge in [-0.1, -0.05) is 6.07 Å². The Morgan fingerprint density at radius 1 is 0.931 bits per heavy atom. The summed E-state index contributed by atoms with van der Waals surface area (Å²) in [6.45, 7) is 0.924. The van der Waals surface area contributed by atoms with E-state index in [4.69, 9.17) is 0 Å². The van der Waals surface area contributed by atoms with Gasteiger partial charge in [-0.3, -0.25) is 14.9 Å². The Balaban J connectivity index is 1.81. The normalized spacial score (nSPS) is 14.3. The number of hydrogen-bond donors (Lipinski definition) is 0. The van der Waals surface area contributed by atoms with Gasteiger partial charge < -0.3 is 9.80 Å². The molecule has 154 valence electrons. The molecular formula is C18H14F5N3O3. The molecule has 0 aromatic heterocycles. The monoisotopic (exact) mass is 415 g/mol. The number of rotatable bonds is 3. The Labute approximate surface area is 161 Å². The average molecular weight is 415 g/mol. The van der Waals surface area contributed by atoms with Crippen molar-refractivity contribution < 1.29 is 31.7 Å². The van der Waals surface area contributed by atoms with Crippen molar-refractivity contribution in [2.24, 2.45) is 0 Å². The second-order valence-corrected chi connectivity index (χ2v) is 6.40. The highest BCUT2D eigenvalue weighted by Gasteiger charge is 2.32. The molecule has 0 aliphatic carbocycles. The highest BCUT2D eigenvalue weighted by Crippen LogP contribution is 2.31. The minimum atomic E-state index is -2.24. The van der Waals surface area contributed by atoms with E-state index in [0.29, 0.717) is 0 Å². The summed E-state index contributed by atoms with van der Waals surface area (Å²) >= 11 is 0. The molecule has 1 saturated heterocycles. The van der Waals surface area contributed by atoms with Crippen molar-refractivity contribution in [1.29, 1.82) is 0 Å². The van der Waals surface area contributed by atoms with Crippen LogP contribution in [0.2, 0.25) is 0 Å². The summed E-state index contributed by atoms with van der Waals surface area (Å²) in [5.74, 6) is -10.7. The third-order valence-corrected chi connectivity index (χ3v) is 4.80. The van der Waals surface area contributed by atoms with Crippen molar-refractivity contribution in [3.05, 3.63) is 68.5 Å². The number of nitro groups is 1. The SMILES string of the molecule is Cc1c(C(=O)N2CCN(c3c(F)c(F)c(F)c(F)c3F)CC2)cccc1[N+](=O)[O-]. The number of piperazine rings is 1. The predicted octanol–water partition coefficient (Wildman–Crippen LogP) is 3.56. The van der Waals surface area contributed by atoms with E-state index >= 15 is 0 Å². The molecule has 6 nitrogen and oxygen atoms in total. The second-order valence-electron chi connectivity index (χ2n) is 6.40. The maximum Gasteiger partial charge on any atom is 0.273 e. The molecule has 0 atom stereocenters. The molecule has 0 saturated carbocycles. The van der Waals surface area contributed by atoms with Crippen LogP contribution in [-0.4, -0.2) is 41.9 Å². The number of anilines is 1. The number of hydrogen-bond acceptors (Lipinski definition) is 4. The highest BCUT2D eigenvalue weighted by molar-refractivity contribution is 5.96. The van der Waals surface area contributed by atoms with E-state index in [1.807, 2.05) is 0 Å². The number of carbonyl (C=O) groups excluding carboxylic acids is 1. The fraction of sp³-hybridized carbons (Fsp3) is 0.278. The summed E-state index contributed by atoms with van der Waals surface area (Å²) in [5.41, 5.74) is -0.996. The Hall–Kier alpha value is -3.24. The van der Waals surface area contributed by atoms with Crippen LogP contribution in [0.5, 0.6) is 0 Å². The third-order valence-electron chi connectivity index (χ3n) is 4.80. The summed E-state index contributed by atoms with van der Waals surface area (Å²) < 4.78 is 68.0. The second kappa shape index (κ2) is 7.64. The predicted molar refractivity (Wildman–Crippen MR) is 92.2 cm³/mol. The molecule has 11 heteroatoms. The van der Waals surface area contributed by atoms with Crippen LogP contribution in [0.4, 0.5) is 33.3 Å². The average Bonchev–Trinajstić information content (AvgIpc) is 2.71. The van der Waals surface area contributed by atoms with Gasteiger partial charge in [0.2, 0.25) is 5.82 Å². The van der Waals surface area contributed by atoms with Gasteiger partial charge in [-0.25, -0.2) is 22.0 Å². The number of carbonyl (C=O) groups is 1. The zero-order valence-corrected chi connectivity index (χ0v) is 15.0. The Bertz CT molecular complexity index is 978. The van der Waals surface area contributed by atoms with Gasteiger partial charge >= 0.3 is 0 Å². The molecule has 0 spiro atoms. The molecule has 1 aliphatic heterocycles. The summed E-state index contributed by atoms with van der Waals surface area (Å²) in [4.78, 5) is 25.4. The molecular weight excluding hydrogens is 401 g/mol. The number of halogens is 5. The maximum atomic E-state index is 14.0. The first-order chi connectivity index (χ1) is 13.6. The lowest BCUT2D eigenvalue weighted by Gasteiger charge is -2.36. The van der Waals surface area contributed by atoms with Crippen LogP contribution in [0.3, 0.4) is 0 Å². The van der Waals surface area contributed by atoms with Crippen LogP contribution in [-0.2, 0) is 0 Å². The van der Waals surface area contributed by atoms with Crippen LogP contribution in [0.25, 0.3) is 0 Å². The molecule has 3 rings (SSSR count). The first-order valence-electron chi connectivity index (χ1n) is 8.44. The van der Waals surface area contributed by atoms with Crippen LogP contribution < -0.4 is 4.90 Å². The summed E-state index contributed by atoms with van der Waals surface area (Å²) in [6.07, 6.45) is 0. The maximum absolute atomic E-state index is 14.0. The van der Waals surface area contributed by atoms with Crippen molar-refractivity contribution in [1.82, 2.24) is 4.90 Å². The smallest absolute Gasteiger partial charge is 0.273 e. The van der Waals surface area contributed by atoms with E-state index in [9.17, 15) is 36.9 Å². The lowest BCUT2D eigenvalue weighted by molar-refractivity contribution is -0.385. The number of amides is 1. The first-order valence-corrected chi connectivity index (χ1v) is 8.44. The molecule has 29 heavy (non-hydrogen) atoms. The summed E-state index contributed by atoms with van der Waals surface area (Å²) in [6, 6.07) is 4.04. The van der Waals surface area contributed by atoms with Crippen molar-refractivity contribution in [3.8, 4) is 0 Å². The van der Waals surface area contributed by atoms with Gasteiger partial charge in [0.05, 0.1) is 4.92 Å². The number of nitro benzene ring substituents is 1. The number of benzene rings is 2. The highest BCUT2D eigenvalue weighted by atomic mass is 19.2. The van der Waals surface area contributed by atoms with E-state index in [0.717, 1.165) is 4.90 Å². The fourth-order valence-electron chi connectivity index (χ4n) is 3.23. The van der Waals surface area contributed by atoms with Gasteiger partial charge in [0, 0.05) is 43.4 Å². The molecule has 0 unspecified atom stereocenters. The van der Waals surface area contributed by atoms with Crippen LogP contribution in [0.15, 0.2) is 18.2 Å². The minimum Gasteiger partial charge on any atom is -0.363 e. The van der Waals surface area contributed by atoms with Gasteiger partial charge in [0.1, 0.15) is 5.69 Å². The Morgan fingerprint density at radius 2 is 1.45 bits per heavy atom. The van der Waals surface area contributed by atoms with Gasteiger partial charge in [-0.2, -0.15) is 0 Å². The van der Waals surface area contributed by atoms with E-state index in [-0.39, 0.29) is 43.0 Å². The lowest BCUT2D eigenvalue weighted by atomic mass is 10.1. The van der Waals surface area contributed by atoms with Gasteiger partial charge in [-0.15, -0.1) is 0 Å². The van der Waals surface area contributed by atoms with Crippen LogP contribution in [0.1, 0.15) is 15.9 Å². The molecule has 1 heterocycles. The molecule has 1 amide bonds. The molecule has 0 radical (unpaired) electrons. The largest absolute Gasteiger partial charge is 0.363 e. The van der Waals surface area contributed by atoms with Crippen molar-refractivity contribution in [2.45, 2.75) is 6.92 Å². The quantitative estimate of drug-likeness (QED) is 0.253. The molecule has 1 aliphatic rings. The van der Waals surface area contributed by atoms with E-state index in [1.54, 1.807) is 0 Å². The van der Waals surface area contributed by atoms with Crippen LogP contribution >= 0.6 is 0 Å². The standard InChI is InChI=1S/C18H14F5N3O3/c1-9-10(3-2-4-11(9)26(28)29)18(27)25-7-5-24(6-8-25)17-15(22)13(20)12(19)14(21)16(17)23/h2-4H,5-8H2,1H3. The van der Waals surface area contributed by atoms with E-state index < -0.39 is 45.6 Å². The van der Waals surface area contributed by atoms with Gasteiger partial charge in [0.25, 0.3) is 11.6 Å². The molecule has 0 N–H and O–H groups in total. The first kappa shape index (κ1) is 20.5. The van der Waals surface area contributed by atoms with Gasteiger partial charge in [-0.05, 0) is 13.0 Å². The molecule has 0 bridgehead atoms. The minimum absolute atomic E-state index is 0.0690. The van der Waals surface area contributed by atoms with Crippen LogP contribution in [0, 0.1) is 46.1 Å². The van der Waals surface area contributed by atoms with E-state index in [1.165, 1.54) is 30.0 Å².